The number of nitrogen functional groups attached to an aromatic ring is 1. The first-order chi connectivity index (χ1) is 8.83. The second-order valence-corrected chi connectivity index (χ2v) is 4.54. The highest BCUT2D eigenvalue weighted by Crippen LogP contribution is 2.22. The Morgan fingerprint density at radius 2 is 1.78 bits per heavy atom. The molecule has 0 radical (unpaired) electrons. The number of nitrogens with two attached hydrogens (primary N) is 1. The zero-order valence-electron chi connectivity index (χ0n) is 9.45. The van der Waals surface area contributed by atoms with Crippen LogP contribution in [0, 0.1) is 0 Å². The topological polar surface area (TPSA) is 64.7 Å². The summed E-state index contributed by atoms with van der Waals surface area (Å²) in [4.78, 5) is 8.47. The third-order valence-corrected chi connectivity index (χ3v) is 3.08. The second kappa shape index (κ2) is 4.54. The van der Waals surface area contributed by atoms with Gasteiger partial charge in [0.05, 0.1) is 0 Å². The third kappa shape index (κ3) is 2.08. The number of anilines is 1. The summed E-state index contributed by atoms with van der Waals surface area (Å²) >= 11 is 1.18. The molecule has 0 spiro atoms. The maximum Gasteiger partial charge on any atom is 0.200 e. The van der Waals surface area contributed by atoms with E-state index in [0.717, 1.165) is 16.8 Å². The Hall–Kier alpha value is -2.27. The normalized spacial score (nSPS) is 10.4. The van der Waals surface area contributed by atoms with Crippen LogP contribution in [0.5, 0.6) is 0 Å². The third-order valence-electron chi connectivity index (χ3n) is 2.54. The fourth-order valence-corrected chi connectivity index (χ4v) is 2.11. The number of hydrogen-bond acceptors (Lipinski definition) is 5. The van der Waals surface area contributed by atoms with E-state index in [2.05, 4.69) is 26.5 Å². The van der Waals surface area contributed by atoms with Crippen LogP contribution >= 0.6 is 11.5 Å². The van der Waals surface area contributed by atoms with Crippen molar-refractivity contribution in [3.63, 3.8) is 0 Å². The summed E-state index contributed by atoms with van der Waals surface area (Å²) in [6, 6.07) is 14.0. The molecule has 0 atom stereocenters. The highest BCUT2D eigenvalue weighted by molar-refractivity contribution is 7.09. The zero-order valence-corrected chi connectivity index (χ0v) is 10.3. The maximum atomic E-state index is 5.55. The van der Waals surface area contributed by atoms with Crippen molar-refractivity contribution in [3.05, 3.63) is 48.7 Å². The minimum atomic E-state index is 0.457. The van der Waals surface area contributed by atoms with E-state index in [4.69, 9.17) is 5.73 Å². The lowest BCUT2D eigenvalue weighted by atomic mass is 10.1. The van der Waals surface area contributed by atoms with E-state index >= 15 is 0 Å². The van der Waals surface area contributed by atoms with Crippen LogP contribution in [-0.2, 0) is 0 Å². The van der Waals surface area contributed by atoms with Crippen molar-refractivity contribution in [2.75, 3.05) is 5.73 Å². The van der Waals surface area contributed by atoms with Crippen molar-refractivity contribution in [2.24, 2.45) is 0 Å². The Labute approximate surface area is 108 Å². The molecule has 0 fully saturated rings. The van der Waals surface area contributed by atoms with Gasteiger partial charge in [0, 0.05) is 23.3 Å². The molecule has 0 saturated carbocycles. The quantitative estimate of drug-likeness (QED) is 0.763. The molecular formula is C13H10N4S. The Kier molecular flexibility index (Phi) is 2.74. The fourth-order valence-electron chi connectivity index (χ4n) is 1.67. The van der Waals surface area contributed by atoms with E-state index in [0.29, 0.717) is 11.0 Å². The van der Waals surface area contributed by atoms with Gasteiger partial charge in [-0.2, -0.15) is 9.36 Å². The van der Waals surface area contributed by atoms with Crippen molar-refractivity contribution < 1.29 is 0 Å². The van der Waals surface area contributed by atoms with Crippen LogP contribution in [0.1, 0.15) is 0 Å². The summed E-state index contributed by atoms with van der Waals surface area (Å²) in [5, 5.41) is 0.457. The van der Waals surface area contributed by atoms with E-state index < -0.39 is 0 Å². The largest absolute Gasteiger partial charge is 0.374 e. The van der Waals surface area contributed by atoms with Crippen LogP contribution in [0.4, 0.5) is 5.13 Å². The van der Waals surface area contributed by atoms with Crippen LogP contribution < -0.4 is 5.73 Å². The Bertz CT molecular complexity index is 646. The molecule has 2 heterocycles. The minimum absolute atomic E-state index is 0.457. The van der Waals surface area contributed by atoms with Gasteiger partial charge in [-0.15, -0.1) is 0 Å². The lowest BCUT2D eigenvalue weighted by Gasteiger charge is -2.01. The SMILES string of the molecule is Nc1nc(-c2ccc(-c3ccccc3)cn2)ns1. The summed E-state index contributed by atoms with van der Waals surface area (Å²) in [5.41, 5.74) is 8.51. The second-order valence-electron chi connectivity index (χ2n) is 3.75. The maximum absolute atomic E-state index is 5.55. The molecule has 0 saturated heterocycles. The molecule has 0 aliphatic heterocycles. The standard InChI is InChI=1S/C13H10N4S/c14-13-16-12(17-18-13)11-7-6-10(8-15-11)9-4-2-1-3-5-9/h1-8H,(H2,14,16,17). The summed E-state index contributed by atoms with van der Waals surface area (Å²) in [5.74, 6) is 0.581. The molecule has 18 heavy (non-hydrogen) atoms. The number of pyridine rings is 1. The summed E-state index contributed by atoms with van der Waals surface area (Å²) in [7, 11) is 0. The molecule has 4 nitrogen and oxygen atoms in total. The lowest BCUT2D eigenvalue weighted by Crippen LogP contribution is -1.88. The molecule has 2 N–H and O–H groups in total. The molecule has 0 aliphatic carbocycles. The van der Waals surface area contributed by atoms with Crippen LogP contribution in [0.15, 0.2) is 48.7 Å². The van der Waals surface area contributed by atoms with Gasteiger partial charge in [0.15, 0.2) is 11.0 Å². The first-order valence-electron chi connectivity index (χ1n) is 5.44. The van der Waals surface area contributed by atoms with E-state index in [1.807, 2.05) is 36.5 Å². The Balaban J connectivity index is 1.94. The Morgan fingerprint density at radius 1 is 0.944 bits per heavy atom. The van der Waals surface area contributed by atoms with Gasteiger partial charge in [-0.25, -0.2) is 0 Å². The summed E-state index contributed by atoms with van der Waals surface area (Å²) in [6.45, 7) is 0. The number of rotatable bonds is 2. The van der Waals surface area contributed by atoms with Gasteiger partial charge in [0.2, 0.25) is 0 Å². The molecule has 3 aromatic rings. The highest BCUT2D eigenvalue weighted by atomic mass is 32.1. The van der Waals surface area contributed by atoms with Gasteiger partial charge in [0.25, 0.3) is 0 Å². The van der Waals surface area contributed by atoms with Crippen molar-refractivity contribution >= 4 is 16.7 Å². The molecule has 2 aromatic heterocycles. The molecule has 0 bridgehead atoms. The van der Waals surface area contributed by atoms with Crippen molar-refractivity contribution in [1.29, 1.82) is 0 Å². The molecule has 0 unspecified atom stereocenters. The van der Waals surface area contributed by atoms with Crippen LogP contribution in [-0.4, -0.2) is 14.3 Å². The molecule has 3 rings (SSSR count). The van der Waals surface area contributed by atoms with Gasteiger partial charge in [-0.3, -0.25) is 4.98 Å². The van der Waals surface area contributed by atoms with E-state index in [1.54, 1.807) is 0 Å². The van der Waals surface area contributed by atoms with Gasteiger partial charge in [0.1, 0.15) is 5.69 Å². The van der Waals surface area contributed by atoms with Crippen LogP contribution in [0.3, 0.4) is 0 Å². The number of nitrogens with zero attached hydrogens (tertiary/aromatic N) is 3. The lowest BCUT2D eigenvalue weighted by molar-refractivity contribution is 1.24. The average Bonchev–Trinajstić information content (AvgIpc) is 2.87. The predicted octanol–water partition coefficient (Wildman–Crippen LogP) is 2.85. The fraction of sp³-hybridized carbons (Fsp3) is 0. The van der Waals surface area contributed by atoms with Gasteiger partial charge >= 0.3 is 0 Å². The molecule has 0 aliphatic rings. The Morgan fingerprint density at radius 3 is 2.39 bits per heavy atom. The number of aromatic nitrogens is 3. The van der Waals surface area contributed by atoms with E-state index in [1.165, 1.54) is 11.5 Å². The van der Waals surface area contributed by atoms with Crippen molar-refractivity contribution in [2.45, 2.75) is 0 Å². The molecule has 1 aromatic carbocycles. The zero-order chi connectivity index (χ0) is 12.4. The smallest absolute Gasteiger partial charge is 0.200 e. The molecule has 5 heteroatoms. The molecular weight excluding hydrogens is 244 g/mol. The van der Waals surface area contributed by atoms with Crippen LogP contribution in [0.25, 0.3) is 22.6 Å². The van der Waals surface area contributed by atoms with E-state index in [9.17, 15) is 0 Å². The van der Waals surface area contributed by atoms with Gasteiger partial charge in [-0.1, -0.05) is 36.4 Å². The number of benzene rings is 1. The van der Waals surface area contributed by atoms with Gasteiger partial charge < -0.3 is 5.73 Å². The van der Waals surface area contributed by atoms with Gasteiger partial charge in [-0.05, 0) is 11.6 Å². The van der Waals surface area contributed by atoms with Crippen molar-refractivity contribution in [3.8, 4) is 22.6 Å². The average molecular weight is 254 g/mol. The highest BCUT2D eigenvalue weighted by Gasteiger charge is 2.06. The van der Waals surface area contributed by atoms with Crippen molar-refractivity contribution in [1.82, 2.24) is 14.3 Å². The predicted molar refractivity (Wildman–Crippen MR) is 73.0 cm³/mol. The first kappa shape index (κ1) is 10.9. The van der Waals surface area contributed by atoms with E-state index in [-0.39, 0.29) is 0 Å². The first-order valence-corrected chi connectivity index (χ1v) is 6.21. The molecule has 0 amide bonds. The monoisotopic (exact) mass is 254 g/mol. The minimum Gasteiger partial charge on any atom is -0.374 e. The number of hydrogen-bond donors (Lipinski definition) is 1. The molecule has 88 valence electrons. The van der Waals surface area contributed by atoms with Crippen LogP contribution in [0.2, 0.25) is 0 Å². The summed E-state index contributed by atoms with van der Waals surface area (Å²) < 4.78 is 4.13. The summed E-state index contributed by atoms with van der Waals surface area (Å²) in [6.07, 6.45) is 1.82.